The summed E-state index contributed by atoms with van der Waals surface area (Å²) in [5, 5.41) is 11.9. The number of rotatable bonds is 4. The molecule has 0 bridgehead atoms. The third-order valence-electron chi connectivity index (χ3n) is 2.84. The Morgan fingerprint density at radius 3 is 3.00 bits per heavy atom. The zero-order chi connectivity index (χ0) is 10.7. The summed E-state index contributed by atoms with van der Waals surface area (Å²) in [6.07, 6.45) is 4.63. The first-order chi connectivity index (χ1) is 7.27. The van der Waals surface area contributed by atoms with Crippen LogP contribution in [0, 0.1) is 0 Å². The van der Waals surface area contributed by atoms with Crippen molar-refractivity contribution in [2.45, 2.75) is 52.1 Å². The summed E-state index contributed by atoms with van der Waals surface area (Å²) in [5.74, 6) is 2.33. The molecule has 84 valence electrons. The van der Waals surface area contributed by atoms with Gasteiger partial charge in [-0.25, -0.2) is 0 Å². The molecule has 4 nitrogen and oxygen atoms in total. The average Bonchev–Trinajstić information content (AvgIpc) is 2.62. The Hall–Kier alpha value is -0.900. The molecule has 15 heavy (non-hydrogen) atoms. The van der Waals surface area contributed by atoms with Crippen molar-refractivity contribution in [2.75, 3.05) is 6.54 Å². The van der Waals surface area contributed by atoms with Crippen molar-refractivity contribution in [3.63, 3.8) is 0 Å². The molecule has 0 spiro atoms. The number of hydrogen-bond donors (Lipinski definition) is 1. The average molecular weight is 208 g/mol. The third-order valence-corrected chi connectivity index (χ3v) is 2.84. The standard InChI is InChI=1S/C11H20N4/c1-9(2)12-7-6-11-14-13-10-5-3-4-8-15(10)11/h9,12H,3-8H2,1-2H3. The highest BCUT2D eigenvalue weighted by atomic mass is 15.3. The molecule has 1 aliphatic rings. The van der Waals surface area contributed by atoms with Crippen LogP contribution in [-0.2, 0) is 19.4 Å². The molecule has 0 radical (unpaired) electrons. The number of nitrogens with one attached hydrogen (secondary N) is 1. The zero-order valence-corrected chi connectivity index (χ0v) is 9.66. The summed E-state index contributed by atoms with van der Waals surface area (Å²) in [5.41, 5.74) is 0. The minimum Gasteiger partial charge on any atom is -0.315 e. The van der Waals surface area contributed by atoms with Gasteiger partial charge in [0.1, 0.15) is 11.6 Å². The summed E-state index contributed by atoms with van der Waals surface area (Å²) < 4.78 is 2.30. The molecule has 1 aromatic rings. The van der Waals surface area contributed by atoms with E-state index < -0.39 is 0 Å². The number of aryl methyl sites for hydroxylation is 1. The number of hydrogen-bond acceptors (Lipinski definition) is 3. The van der Waals surface area contributed by atoms with Gasteiger partial charge in [0.15, 0.2) is 0 Å². The monoisotopic (exact) mass is 208 g/mol. The second-order valence-corrected chi connectivity index (χ2v) is 4.50. The Balaban J connectivity index is 1.94. The van der Waals surface area contributed by atoms with Gasteiger partial charge in [-0.05, 0) is 12.8 Å². The highest BCUT2D eigenvalue weighted by molar-refractivity contribution is 4.99. The van der Waals surface area contributed by atoms with E-state index in [1.807, 2.05) is 0 Å². The molecule has 1 aliphatic heterocycles. The van der Waals surface area contributed by atoms with Crippen LogP contribution in [0.25, 0.3) is 0 Å². The predicted molar refractivity (Wildman–Crippen MR) is 59.8 cm³/mol. The lowest BCUT2D eigenvalue weighted by Gasteiger charge is -2.15. The molecular formula is C11H20N4. The minimum atomic E-state index is 0.550. The molecule has 2 heterocycles. The minimum absolute atomic E-state index is 0.550. The van der Waals surface area contributed by atoms with Crippen LogP contribution in [0.1, 0.15) is 38.3 Å². The molecule has 0 amide bonds. The van der Waals surface area contributed by atoms with Crippen LogP contribution in [0.3, 0.4) is 0 Å². The molecule has 2 rings (SSSR count). The predicted octanol–water partition coefficient (Wildman–Crippen LogP) is 1.15. The molecular weight excluding hydrogens is 188 g/mol. The van der Waals surface area contributed by atoms with Crippen LogP contribution < -0.4 is 5.32 Å². The van der Waals surface area contributed by atoms with Crippen LogP contribution in [-0.4, -0.2) is 27.4 Å². The Kier molecular flexibility index (Phi) is 3.36. The first-order valence-corrected chi connectivity index (χ1v) is 5.91. The summed E-state index contributed by atoms with van der Waals surface area (Å²) >= 11 is 0. The summed E-state index contributed by atoms with van der Waals surface area (Å²) in [6.45, 7) is 6.44. The van der Waals surface area contributed by atoms with Gasteiger partial charge in [-0.1, -0.05) is 13.8 Å². The van der Waals surface area contributed by atoms with E-state index in [2.05, 4.69) is 33.9 Å². The molecule has 4 heteroatoms. The van der Waals surface area contributed by atoms with Crippen LogP contribution >= 0.6 is 0 Å². The first kappa shape index (κ1) is 10.6. The van der Waals surface area contributed by atoms with Crippen LogP contribution in [0.15, 0.2) is 0 Å². The summed E-state index contributed by atoms with van der Waals surface area (Å²) in [4.78, 5) is 0. The Labute approximate surface area is 91.1 Å². The molecule has 0 aliphatic carbocycles. The van der Waals surface area contributed by atoms with E-state index in [-0.39, 0.29) is 0 Å². The molecule has 1 aromatic heterocycles. The quantitative estimate of drug-likeness (QED) is 0.807. The van der Waals surface area contributed by atoms with Gasteiger partial charge in [0.05, 0.1) is 0 Å². The Morgan fingerprint density at radius 2 is 2.20 bits per heavy atom. The second-order valence-electron chi connectivity index (χ2n) is 4.50. The third kappa shape index (κ3) is 2.56. The molecule has 1 N–H and O–H groups in total. The fourth-order valence-corrected chi connectivity index (χ4v) is 2.03. The van der Waals surface area contributed by atoms with E-state index >= 15 is 0 Å². The van der Waals surface area contributed by atoms with E-state index in [9.17, 15) is 0 Å². The van der Waals surface area contributed by atoms with Gasteiger partial charge in [0.2, 0.25) is 0 Å². The van der Waals surface area contributed by atoms with Crippen molar-refractivity contribution >= 4 is 0 Å². The van der Waals surface area contributed by atoms with E-state index in [1.165, 1.54) is 18.7 Å². The van der Waals surface area contributed by atoms with Gasteiger partial charge in [0, 0.05) is 32.0 Å². The number of nitrogens with zero attached hydrogens (tertiary/aromatic N) is 3. The van der Waals surface area contributed by atoms with Gasteiger partial charge in [-0.15, -0.1) is 10.2 Å². The van der Waals surface area contributed by atoms with Gasteiger partial charge >= 0.3 is 0 Å². The second kappa shape index (κ2) is 4.75. The lowest BCUT2D eigenvalue weighted by molar-refractivity contribution is 0.499. The van der Waals surface area contributed by atoms with Gasteiger partial charge < -0.3 is 9.88 Å². The molecule has 0 atom stereocenters. The highest BCUT2D eigenvalue weighted by Gasteiger charge is 2.14. The highest BCUT2D eigenvalue weighted by Crippen LogP contribution is 2.14. The lowest BCUT2D eigenvalue weighted by Crippen LogP contribution is -2.26. The van der Waals surface area contributed by atoms with Crippen molar-refractivity contribution in [1.82, 2.24) is 20.1 Å². The van der Waals surface area contributed by atoms with Crippen molar-refractivity contribution in [3.8, 4) is 0 Å². The molecule has 0 saturated heterocycles. The summed E-state index contributed by atoms with van der Waals surface area (Å²) in [7, 11) is 0. The van der Waals surface area contributed by atoms with Crippen molar-refractivity contribution < 1.29 is 0 Å². The topological polar surface area (TPSA) is 42.7 Å². The fourth-order valence-electron chi connectivity index (χ4n) is 2.03. The van der Waals surface area contributed by atoms with Gasteiger partial charge in [-0.2, -0.15) is 0 Å². The van der Waals surface area contributed by atoms with E-state index in [0.29, 0.717) is 6.04 Å². The van der Waals surface area contributed by atoms with E-state index in [4.69, 9.17) is 0 Å². The largest absolute Gasteiger partial charge is 0.315 e. The van der Waals surface area contributed by atoms with Gasteiger partial charge in [0.25, 0.3) is 0 Å². The molecule has 0 aromatic carbocycles. The fraction of sp³-hybridized carbons (Fsp3) is 0.818. The summed E-state index contributed by atoms with van der Waals surface area (Å²) in [6, 6.07) is 0.550. The smallest absolute Gasteiger partial charge is 0.134 e. The zero-order valence-electron chi connectivity index (χ0n) is 9.66. The van der Waals surface area contributed by atoms with E-state index in [1.54, 1.807) is 0 Å². The van der Waals surface area contributed by atoms with E-state index in [0.717, 1.165) is 31.8 Å². The SMILES string of the molecule is CC(C)NCCc1nnc2n1CCCC2. The van der Waals surface area contributed by atoms with Crippen molar-refractivity contribution in [3.05, 3.63) is 11.6 Å². The van der Waals surface area contributed by atoms with Crippen LogP contribution in [0.5, 0.6) is 0 Å². The maximum atomic E-state index is 4.27. The van der Waals surface area contributed by atoms with Gasteiger partial charge in [-0.3, -0.25) is 0 Å². The molecule has 0 saturated carbocycles. The lowest BCUT2D eigenvalue weighted by atomic mass is 10.1. The number of aromatic nitrogens is 3. The molecule has 0 fully saturated rings. The molecule has 0 unspecified atom stereocenters. The Morgan fingerprint density at radius 1 is 1.33 bits per heavy atom. The maximum absolute atomic E-state index is 4.27. The van der Waals surface area contributed by atoms with Crippen LogP contribution in [0.4, 0.5) is 0 Å². The normalized spacial score (nSPS) is 15.7. The van der Waals surface area contributed by atoms with Crippen LogP contribution in [0.2, 0.25) is 0 Å². The Bertz CT molecular complexity index is 316. The van der Waals surface area contributed by atoms with Crippen molar-refractivity contribution in [2.24, 2.45) is 0 Å². The number of fused-ring (bicyclic) bond motifs is 1. The first-order valence-electron chi connectivity index (χ1n) is 5.91. The maximum Gasteiger partial charge on any atom is 0.134 e. The van der Waals surface area contributed by atoms with Crippen molar-refractivity contribution in [1.29, 1.82) is 0 Å².